The van der Waals surface area contributed by atoms with Crippen molar-refractivity contribution < 1.29 is 14.3 Å². The molecular formula is C16H24N2O3. The van der Waals surface area contributed by atoms with Crippen LogP contribution in [0.4, 0.5) is 10.5 Å². The number of benzene rings is 1. The van der Waals surface area contributed by atoms with Crippen molar-refractivity contribution in [2.75, 3.05) is 18.5 Å². The molecule has 0 bridgehead atoms. The summed E-state index contributed by atoms with van der Waals surface area (Å²) < 4.78 is 10.5. The lowest BCUT2D eigenvalue weighted by Gasteiger charge is -2.19. The van der Waals surface area contributed by atoms with Gasteiger partial charge in [0.05, 0.1) is 6.61 Å². The molecule has 21 heavy (non-hydrogen) atoms. The van der Waals surface area contributed by atoms with Crippen LogP contribution in [0.1, 0.15) is 32.8 Å². The van der Waals surface area contributed by atoms with Gasteiger partial charge in [-0.3, -0.25) is 5.32 Å². The van der Waals surface area contributed by atoms with Crippen LogP contribution in [0.15, 0.2) is 24.3 Å². The zero-order valence-corrected chi connectivity index (χ0v) is 12.9. The van der Waals surface area contributed by atoms with Gasteiger partial charge in [-0.05, 0) is 44.9 Å². The Morgan fingerprint density at radius 2 is 2.05 bits per heavy atom. The first-order valence-electron chi connectivity index (χ1n) is 7.32. The first kappa shape index (κ1) is 15.8. The van der Waals surface area contributed by atoms with E-state index in [4.69, 9.17) is 9.47 Å². The normalized spacial score (nSPS) is 18.5. The number of anilines is 1. The molecule has 2 N–H and O–H groups in total. The second-order valence-electron chi connectivity index (χ2n) is 6.27. The standard InChI is InChI=1S/C16H24N2O3/c1-16(2,3)21-15(19)18-13-6-4-12(5-7-13)10-17-14-8-9-20-11-14/h4-7,14,17H,8-11H2,1-3H3,(H,18,19). The van der Waals surface area contributed by atoms with Crippen LogP contribution < -0.4 is 10.6 Å². The number of rotatable bonds is 4. The van der Waals surface area contributed by atoms with Crippen molar-refractivity contribution in [3.63, 3.8) is 0 Å². The largest absolute Gasteiger partial charge is 0.444 e. The summed E-state index contributed by atoms with van der Waals surface area (Å²) in [5.41, 5.74) is 1.42. The van der Waals surface area contributed by atoms with Crippen molar-refractivity contribution in [2.24, 2.45) is 0 Å². The van der Waals surface area contributed by atoms with E-state index in [1.54, 1.807) is 0 Å². The predicted molar refractivity (Wildman–Crippen MR) is 82.4 cm³/mol. The molecule has 116 valence electrons. The van der Waals surface area contributed by atoms with Crippen LogP contribution >= 0.6 is 0 Å². The van der Waals surface area contributed by atoms with E-state index in [9.17, 15) is 4.79 Å². The number of amides is 1. The Bertz CT molecular complexity index is 459. The third kappa shape index (κ3) is 5.73. The number of carbonyl (C=O) groups is 1. The topological polar surface area (TPSA) is 59.6 Å². The molecule has 1 fully saturated rings. The number of hydrogen-bond donors (Lipinski definition) is 2. The van der Waals surface area contributed by atoms with Gasteiger partial charge in [0.1, 0.15) is 5.60 Å². The average molecular weight is 292 g/mol. The van der Waals surface area contributed by atoms with Gasteiger partial charge in [0.15, 0.2) is 0 Å². The maximum absolute atomic E-state index is 11.7. The predicted octanol–water partition coefficient (Wildman–Crippen LogP) is 2.91. The Morgan fingerprint density at radius 1 is 1.33 bits per heavy atom. The lowest BCUT2D eigenvalue weighted by atomic mass is 10.2. The monoisotopic (exact) mass is 292 g/mol. The molecule has 1 aromatic carbocycles. The SMILES string of the molecule is CC(C)(C)OC(=O)Nc1ccc(CNC2CCOC2)cc1. The van der Waals surface area contributed by atoms with Crippen molar-refractivity contribution in [2.45, 2.75) is 45.4 Å². The molecule has 5 nitrogen and oxygen atoms in total. The second kappa shape index (κ2) is 6.91. The molecule has 1 amide bonds. The lowest BCUT2D eigenvalue weighted by Crippen LogP contribution is -2.28. The molecule has 0 radical (unpaired) electrons. The van der Waals surface area contributed by atoms with E-state index in [0.717, 1.165) is 31.9 Å². The Morgan fingerprint density at radius 3 is 2.62 bits per heavy atom. The summed E-state index contributed by atoms with van der Waals surface area (Å²) in [7, 11) is 0. The molecule has 2 rings (SSSR count). The Hall–Kier alpha value is -1.59. The number of hydrogen-bond acceptors (Lipinski definition) is 4. The maximum Gasteiger partial charge on any atom is 0.412 e. The summed E-state index contributed by atoms with van der Waals surface area (Å²) in [6.07, 6.45) is 0.634. The summed E-state index contributed by atoms with van der Waals surface area (Å²) in [4.78, 5) is 11.7. The minimum absolute atomic E-state index is 0.434. The highest BCUT2D eigenvalue weighted by Gasteiger charge is 2.16. The smallest absolute Gasteiger partial charge is 0.412 e. The van der Waals surface area contributed by atoms with Crippen molar-refractivity contribution in [1.82, 2.24) is 5.32 Å². The third-order valence-electron chi connectivity index (χ3n) is 3.12. The molecule has 0 spiro atoms. The summed E-state index contributed by atoms with van der Waals surface area (Å²) >= 11 is 0. The summed E-state index contributed by atoms with van der Waals surface area (Å²) in [5.74, 6) is 0. The minimum Gasteiger partial charge on any atom is -0.444 e. The maximum atomic E-state index is 11.7. The second-order valence-corrected chi connectivity index (χ2v) is 6.27. The molecular weight excluding hydrogens is 268 g/mol. The number of ether oxygens (including phenoxy) is 2. The van der Waals surface area contributed by atoms with E-state index in [0.29, 0.717) is 6.04 Å². The Kier molecular flexibility index (Phi) is 5.20. The van der Waals surface area contributed by atoms with E-state index >= 15 is 0 Å². The molecule has 5 heteroatoms. The minimum atomic E-state index is -0.489. The van der Waals surface area contributed by atoms with Gasteiger partial charge in [-0.25, -0.2) is 4.79 Å². The van der Waals surface area contributed by atoms with Crippen LogP contribution in [0.3, 0.4) is 0 Å². The van der Waals surface area contributed by atoms with Crippen molar-refractivity contribution in [3.05, 3.63) is 29.8 Å². The van der Waals surface area contributed by atoms with E-state index < -0.39 is 11.7 Å². The van der Waals surface area contributed by atoms with Gasteiger partial charge >= 0.3 is 6.09 Å². The average Bonchev–Trinajstić information content (AvgIpc) is 2.89. The van der Waals surface area contributed by atoms with Crippen LogP contribution in [0.25, 0.3) is 0 Å². The Balaban J connectivity index is 1.79. The lowest BCUT2D eigenvalue weighted by molar-refractivity contribution is 0.0636. The van der Waals surface area contributed by atoms with Crippen LogP contribution in [0, 0.1) is 0 Å². The highest BCUT2D eigenvalue weighted by Crippen LogP contribution is 2.13. The van der Waals surface area contributed by atoms with Crippen molar-refractivity contribution in [1.29, 1.82) is 0 Å². The van der Waals surface area contributed by atoms with Gasteiger partial charge in [-0.15, -0.1) is 0 Å². The van der Waals surface area contributed by atoms with Gasteiger partial charge in [0, 0.05) is 24.9 Å². The van der Waals surface area contributed by atoms with Crippen LogP contribution in [-0.2, 0) is 16.0 Å². The van der Waals surface area contributed by atoms with Crippen LogP contribution in [0.2, 0.25) is 0 Å². The van der Waals surface area contributed by atoms with E-state index in [-0.39, 0.29) is 0 Å². The summed E-state index contributed by atoms with van der Waals surface area (Å²) in [6.45, 7) is 7.96. The molecule has 1 aliphatic heterocycles. The van der Waals surface area contributed by atoms with Gasteiger partial charge in [-0.1, -0.05) is 12.1 Å². The van der Waals surface area contributed by atoms with Gasteiger partial charge in [-0.2, -0.15) is 0 Å². The Labute approximate surface area is 126 Å². The van der Waals surface area contributed by atoms with E-state index in [1.165, 1.54) is 5.56 Å². The molecule has 0 saturated carbocycles. The summed E-state index contributed by atoms with van der Waals surface area (Å²) in [6, 6.07) is 8.20. The quantitative estimate of drug-likeness (QED) is 0.896. The first-order valence-corrected chi connectivity index (χ1v) is 7.32. The molecule has 1 atom stereocenters. The fourth-order valence-electron chi connectivity index (χ4n) is 2.09. The zero-order valence-electron chi connectivity index (χ0n) is 12.9. The molecule has 1 heterocycles. The molecule has 1 aromatic rings. The van der Waals surface area contributed by atoms with Crippen molar-refractivity contribution in [3.8, 4) is 0 Å². The van der Waals surface area contributed by atoms with Crippen LogP contribution in [-0.4, -0.2) is 30.9 Å². The molecule has 0 aliphatic carbocycles. The van der Waals surface area contributed by atoms with E-state index in [2.05, 4.69) is 10.6 Å². The highest BCUT2D eigenvalue weighted by atomic mass is 16.6. The molecule has 0 aromatic heterocycles. The van der Waals surface area contributed by atoms with Crippen molar-refractivity contribution >= 4 is 11.8 Å². The summed E-state index contributed by atoms with van der Waals surface area (Å²) in [5, 5.41) is 6.17. The highest BCUT2D eigenvalue weighted by molar-refractivity contribution is 5.84. The van der Waals surface area contributed by atoms with Crippen LogP contribution in [0.5, 0.6) is 0 Å². The molecule has 1 saturated heterocycles. The number of carbonyl (C=O) groups excluding carboxylic acids is 1. The van der Waals surface area contributed by atoms with Gasteiger partial charge < -0.3 is 14.8 Å². The molecule has 1 aliphatic rings. The van der Waals surface area contributed by atoms with Gasteiger partial charge in [0.25, 0.3) is 0 Å². The molecule has 1 unspecified atom stereocenters. The first-order chi connectivity index (χ1) is 9.92. The third-order valence-corrected chi connectivity index (χ3v) is 3.12. The van der Waals surface area contributed by atoms with Gasteiger partial charge in [0.2, 0.25) is 0 Å². The fraction of sp³-hybridized carbons (Fsp3) is 0.562. The fourth-order valence-corrected chi connectivity index (χ4v) is 2.09. The zero-order chi connectivity index (χ0) is 15.3. The van der Waals surface area contributed by atoms with E-state index in [1.807, 2.05) is 45.0 Å². The number of nitrogens with one attached hydrogen (secondary N) is 2.